The highest BCUT2D eigenvalue weighted by atomic mass is 19.4. The van der Waals surface area contributed by atoms with Gasteiger partial charge in [-0.15, -0.1) is 0 Å². The summed E-state index contributed by atoms with van der Waals surface area (Å²) in [5.41, 5.74) is 1.14. The van der Waals surface area contributed by atoms with Crippen molar-refractivity contribution < 1.29 is 27.8 Å². The summed E-state index contributed by atoms with van der Waals surface area (Å²) in [5.74, 6) is -1.66. The Morgan fingerprint density at radius 1 is 1.16 bits per heavy atom. The fraction of sp³-hybridized carbons (Fsp3) is 0.167. The van der Waals surface area contributed by atoms with Crippen LogP contribution in [0.1, 0.15) is 11.1 Å². The Balaban J connectivity index is 1.85. The van der Waals surface area contributed by atoms with E-state index in [0.717, 1.165) is 11.6 Å². The van der Waals surface area contributed by atoms with Gasteiger partial charge in [0.25, 0.3) is 0 Å². The van der Waals surface area contributed by atoms with Gasteiger partial charge in [0.05, 0.1) is 5.57 Å². The van der Waals surface area contributed by atoms with Gasteiger partial charge in [-0.1, -0.05) is 30.3 Å². The fourth-order valence-electron chi connectivity index (χ4n) is 2.53. The van der Waals surface area contributed by atoms with Crippen molar-refractivity contribution in [2.45, 2.75) is 18.8 Å². The van der Waals surface area contributed by atoms with Crippen LogP contribution < -0.4 is 10.1 Å². The third kappa shape index (κ3) is 3.76. The lowest BCUT2D eigenvalue weighted by Gasteiger charge is -2.27. The number of ether oxygens (including phenoxy) is 1. The number of rotatable bonds is 4. The van der Waals surface area contributed by atoms with E-state index in [1.54, 1.807) is 12.1 Å². The third-order valence-electron chi connectivity index (χ3n) is 3.73. The lowest BCUT2D eigenvalue weighted by molar-refractivity contribution is -0.187. The van der Waals surface area contributed by atoms with Crippen molar-refractivity contribution in [1.29, 1.82) is 0 Å². The molecule has 1 aliphatic rings. The molecule has 0 bridgehead atoms. The first-order valence-electron chi connectivity index (χ1n) is 7.45. The number of benzene rings is 2. The van der Waals surface area contributed by atoms with Crippen molar-refractivity contribution in [3.05, 3.63) is 65.2 Å². The second kappa shape index (κ2) is 6.51. The van der Waals surface area contributed by atoms with Crippen LogP contribution in [0.15, 0.2) is 54.1 Å². The summed E-state index contributed by atoms with van der Waals surface area (Å²) < 4.78 is 43.9. The molecule has 0 aliphatic carbocycles. The molecule has 0 fully saturated rings. The van der Waals surface area contributed by atoms with E-state index in [-0.39, 0.29) is 11.3 Å². The predicted octanol–water partition coefficient (Wildman–Crippen LogP) is 4.09. The largest absolute Gasteiger partial charge is 0.478 e. The molecule has 0 amide bonds. The molecule has 2 N–H and O–H groups in total. The van der Waals surface area contributed by atoms with Gasteiger partial charge < -0.3 is 15.2 Å². The maximum absolute atomic E-state index is 13.0. The quantitative estimate of drug-likeness (QED) is 0.873. The Kier molecular flexibility index (Phi) is 4.39. The van der Waals surface area contributed by atoms with Crippen molar-refractivity contribution in [3.8, 4) is 5.75 Å². The van der Waals surface area contributed by atoms with E-state index in [9.17, 15) is 18.0 Å². The summed E-state index contributed by atoms with van der Waals surface area (Å²) in [6.45, 7) is 0.529. The van der Waals surface area contributed by atoms with Gasteiger partial charge in [0, 0.05) is 17.8 Å². The Morgan fingerprint density at radius 2 is 1.88 bits per heavy atom. The molecule has 1 unspecified atom stereocenters. The van der Waals surface area contributed by atoms with Crippen LogP contribution in [-0.2, 0) is 11.3 Å². The maximum atomic E-state index is 13.0. The molecule has 0 saturated carbocycles. The highest BCUT2D eigenvalue weighted by Crippen LogP contribution is 2.38. The molecule has 0 radical (unpaired) electrons. The molecule has 0 spiro atoms. The zero-order valence-corrected chi connectivity index (χ0v) is 12.9. The van der Waals surface area contributed by atoms with Gasteiger partial charge in [-0.2, -0.15) is 13.2 Å². The van der Waals surface area contributed by atoms with Crippen molar-refractivity contribution in [3.63, 3.8) is 0 Å². The minimum atomic E-state index is -4.80. The van der Waals surface area contributed by atoms with Crippen LogP contribution in [0.3, 0.4) is 0 Å². The molecule has 25 heavy (non-hydrogen) atoms. The first-order valence-corrected chi connectivity index (χ1v) is 7.45. The fourth-order valence-corrected chi connectivity index (χ4v) is 2.53. The van der Waals surface area contributed by atoms with Crippen LogP contribution in [0.2, 0.25) is 0 Å². The van der Waals surface area contributed by atoms with Crippen molar-refractivity contribution in [2.24, 2.45) is 0 Å². The van der Waals surface area contributed by atoms with Crippen molar-refractivity contribution >= 4 is 17.7 Å². The summed E-state index contributed by atoms with van der Waals surface area (Å²) >= 11 is 0. The SMILES string of the molecule is O=C(O)C1=Cc2cc(NCc3ccccc3)ccc2OC1C(F)(F)F. The monoisotopic (exact) mass is 349 g/mol. The van der Waals surface area contributed by atoms with Gasteiger partial charge in [0.1, 0.15) is 5.75 Å². The Bertz CT molecular complexity index is 816. The highest BCUT2D eigenvalue weighted by molar-refractivity contribution is 5.95. The van der Waals surface area contributed by atoms with E-state index in [0.29, 0.717) is 12.2 Å². The first kappa shape index (κ1) is 16.9. The van der Waals surface area contributed by atoms with Crippen molar-refractivity contribution in [1.82, 2.24) is 0 Å². The van der Waals surface area contributed by atoms with Gasteiger partial charge >= 0.3 is 12.1 Å². The highest BCUT2D eigenvalue weighted by Gasteiger charge is 2.48. The molecular weight excluding hydrogens is 335 g/mol. The number of hydrogen-bond acceptors (Lipinski definition) is 3. The second-order valence-electron chi connectivity index (χ2n) is 5.54. The number of aliphatic carboxylic acids is 1. The van der Waals surface area contributed by atoms with Crippen LogP contribution in [0.25, 0.3) is 6.08 Å². The van der Waals surface area contributed by atoms with Gasteiger partial charge in [0.15, 0.2) is 0 Å². The molecule has 1 heterocycles. The van der Waals surface area contributed by atoms with Crippen LogP contribution in [0.4, 0.5) is 18.9 Å². The average molecular weight is 349 g/mol. The molecule has 1 atom stereocenters. The molecule has 130 valence electrons. The van der Waals surface area contributed by atoms with E-state index < -0.39 is 23.8 Å². The molecule has 2 aromatic carbocycles. The molecule has 4 nitrogen and oxygen atoms in total. The Hall–Kier alpha value is -2.96. The van der Waals surface area contributed by atoms with E-state index in [2.05, 4.69) is 5.32 Å². The molecule has 7 heteroatoms. The van der Waals surface area contributed by atoms with E-state index in [1.165, 1.54) is 6.07 Å². The van der Waals surface area contributed by atoms with E-state index in [1.807, 2.05) is 30.3 Å². The maximum Gasteiger partial charge on any atom is 0.430 e. The predicted molar refractivity (Wildman–Crippen MR) is 86.3 cm³/mol. The number of fused-ring (bicyclic) bond motifs is 1. The van der Waals surface area contributed by atoms with Gasteiger partial charge in [-0.3, -0.25) is 0 Å². The Morgan fingerprint density at radius 3 is 2.52 bits per heavy atom. The summed E-state index contributed by atoms with van der Waals surface area (Å²) in [4.78, 5) is 11.2. The van der Waals surface area contributed by atoms with Crippen molar-refractivity contribution in [2.75, 3.05) is 5.32 Å². The number of carboxylic acids is 1. The van der Waals surface area contributed by atoms with Gasteiger partial charge in [-0.25, -0.2) is 4.79 Å². The van der Waals surface area contributed by atoms with Crippen LogP contribution in [0.5, 0.6) is 5.75 Å². The number of carbonyl (C=O) groups is 1. The van der Waals surface area contributed by atoms with E-state index in [4.69, 9.17) is 9.84 Å². The zero-order chi connectivity index (χ0) is 18.0. The molecule has 0 aromatic heterocycles. The number of carboxylic acid groups (broad SMARTS) is 1. The number of nitrogens with one attached hydrogen (secondary N) is 1. The normalized spacial score (nSPS) is 16.4. The summed E-state index contributed by atoms with van der Waals surface area (Å²) in [6.07, 6.45) is -6.26. The van der Waals surface area contributed by atoms with Crippen LogP contribution in [0, 0.1) is 0 Å². The molecule has 0 saturated heterocycles. The summed E-state index contributed by atoms with van der Waals surface area (Å²) in [6, 6.07) is 14.1. The van der Waals surface area contributed by atoms with Crippen LogP contribution in [-0.4, -0.2) is 23.4 Å². The standard InChI is InChI=1S/C18H14F3NO3/c19-18(20,21)16-14(17(23)24)9-12-8-13(6-7-15(12)25-16)22-10-11-4-2-1-3-5-11/h1-9,16,22H,10H2,(H,23,24). The number of alkyl halides is 3. The smallest absolute Gasteiger partial charge is 0.430 e. The Labute approximate surface area is 141 Å². The lowest BCUT2D eigenvalue weighted by Crippen LogP contribution is -2.40. The second-order valence-corrected chi connectivity index (χ2v) is 5.54. The molecular formula is C18H14F3NO3. The third-order valence-corrected chi connectivity index (χ3v) is 3.73. The minimum Gasteiger partial charge on any atom is -0.478 e. The lowest BCUT2D eigenvalue weighted by atomic mass is 10.0. The number of anilines is 1. The number of hydrogen-bond donors (Lipinski definition) is 2. The molecule has 2 aromatic rings. The molecule has 1 aliphatic heterocycles. The van der Waals surface area contributed by atoms with Gasteiger partial charge in [0.2, 0.25) is 6.10 Å². The van der Waals surface area contributed by atoms with Crippen LogP contribution >= 0.6 is 0 Å². The van der Waals surface area contributed by atoms with Gasteiger partial charge in [-0.05, 0) is 29.8 Å². The average Bonchev–Trinajstić information content (AvgIpc) is 2.58. The minimum absolute atomic E-state index is 0.00224. The molecule has 3 rings (SSSR count). The number of halogens is 3. The summed E-state index contributed by atoms with van der Waals surface area (Å²) in [5, 5.41) is 12.2. The topological polar surface area (TPSA) is 58.6 Å². The zero-order valence-electron chi connectivity index (χ0n) is 12.9. The summed E-state index contributed by atoms with van der Waals surface area (Å²) in [7, 11) is 0. The van der Waals surface area contributed by atoms with E-state index >= 15 is 0 Å². The first-order chi connectivity index (χ1) is 11.8.